The molecule has 1 saturated heterocycles. The quantitative estimate of drug-likeness (QED) is 0.614. The van der Waals surface area contributed by atoms with Crippen LogP contribution in [0, 0.1) is 5.82 Å². The van der Waals surface area contributed by atoms with Crippen molar-refractivity contribution in [3.05, 3.63) is 70.1 Å². The van der Waals surface area contributed by atoms with Gasteiger partial charge in [-0.15, -0.1) is 0 Å². The molecule has 1 aromatic heterocycles. The smallest absolute Gasteiger partial charge is 0.271 e. The minimum Gasteiger partial charge on any atom is -0.335 e. The Balaban J connectivity index is 1.44. The highest BCUT2D eigenvalue weighted by Gasteiger charge is 2.31. The molecule has 2 aromatic carbocycles. The third-order valence-electron chi connectivity index (χ3n) is 4.98. The molecule has 1 aliphatic heterocycles. The van der Waals surface area contributed by atoms with E-state index in [4.69, 9.17) is 23.2 Å². The summed E-state index contributed by atoms with van der Waals surface area (Å²) in [4.78, 5) is 14.3. The minimum atomic E-state index is -3.84. The Bertz CT molecular complexity index is 1240. The van der Waals surface area contributed by atoms with E-state index in [0.29, 0.717) is 16.4 Å². The molecule has 31 heavy (non-hydrogen) atoms. The summed E-state index contributed by atoms with van der Waals surface area (Å²) in [6, 6.07) is 12.0. The maximum atomic E-state index is 13.4. The van der Waals surface area contributed by atoms with Crippen molar-refractivity contribution in [2.45, 2.75) is 4.90 Å². The first-order valence-corrected chi connectivity index (χ1v) is 11.5. The summed E-state index contributed by atoms with van der Waals surface area (Å²) in [6.45, 7) is 0.633. The molecule has 0 radical (unpaired) electrons. The van der Waals surface area contributed by atoms with Crippen LogP contribution < -0.4 is 0 Å². The molecule has 1 N–H and O–H groups in total. The molecule has 4 rings (SSSR count). The van der Waals surface area contributed by atoms with Crippen molar-refractivity contribution in [1.82, 2.24) is 19.4 Å². The van der Waals surface area contributed by atoms with E-state index in [9.17, 15) is 17.6 Å². The molecule has 162 valence electrons. The van der Waals surface area contributed by atoms with Gasteiger partial charge in [0.2, 0.25) is 10.0 Å². The van der Waals surface area contributed by atoms with Crippen LogP contribution >= 0.6 is 23.2 Å². The van der Waals surface area contributed by atoms with Crippen LogP contribution in [-0.2, 0) is 10.0 Å². The van der Waals surface area contributed by atoms with Gasteiger partial charge in [-0.2, -0.15) is 9.40 Å². The van der Waals surface area contributed by atoms with Gasteiger partial charge in [0.05, 0.1) is 15.6 Å². The van der Waals surface area contributed by atoms with Gasteiger partial charge in [-0.3, -0.25) is 9.89 Å². The van der Waals surface area contributed by atoms with Crippen LogP contribution in [0.5, 0.6) is 0 Å². The van der Waals surface area contributed by atoms with Crippen LogP contribution in [0.15, 0.2) is 53.4 Å². The van der Waals surface area contributed by atoms with E-state index in [1.54, 1.807) is 29.2 Å². The molecule has 0 unspecified atom stereocenters. The number of carbonyl (C=O) groups excluding carboxylic acids is 1. The van der Waals surface area contributed by atoms with Crippen molar-refractivity contribution in [3.8, 4) is 11.3 Å². The van der Waals surface area contributed by atoms with Crippen molar-refractivity contribution in [3.63, 3.8) is 0 Å². The highest BCUT2D eigenvalue weighted by Crippen LogP contribution is 2.24. The van der Waals surface area contributed by atoms with E-state index in [-0.39, 0.29) is 42.0 Å². The highest BCUT2D eigenvalue weighted by molar-refractivity contribution is 7.89. The minimum absolute atomic E-state index is 0.0848. The molecule has 2 heterocycles. The van der Waals surface area contributed by atoms with Crippen LogP contribution in [-0.4, -0.2) is 59.9 Å². The first kappa shape index (κ1) is 21.8. The lowest BCUT2D eigenvalue weighted by molar-refractivity contribution is 0.0692. The van der Waals surface area contributed by atoms with E-state index >= 15 is 0 Å². The Kier molecular flexibility index (Phi) is 6.02. The number of aromatic nitrogens is 2. The second kappa shape index (κ2) is 8.58. The van der Waals surface area contributed by atoms with E-state index in [2.05, 4.69) is 10.2 Å². The number of benzene rings is 2. The number of piperazine rings is 1. The second-order valence-corrected chi connectivity index (χ2v) is 9.73. The number of nitrogens with one attached hydrogen (secondary N) is 1. The molecule has 0 bridgehead atoms. The Labute approximate surface area is 188 Å². The fourth-order valence-electron chi connectivity index (χ4n) is 3.32. The predicted molar refractivity (Wildman–Crippen MR) is 115 cm³/mol. The first-order valence-electron chi connectivity index (χ1n) is 9.31. The summed E-state index contributed by atoms with van der Waals surface area (Å²) in [5.74, 6) is -0.963. The lowest BCUT2D eigenvalue weighted by Gasteiger charge is -2.33. The topological polar surface area (TPSA) is 86.4 Å². The third-order valence-corrected chi connectivity index (χ3v) is 7.40. The summed E-state index contributed by atoms with van der Waals surface area (Å²) in [5.41, 5.74) is 1.66. The standard InChI is InChI=1S/C20H17Cl2FN4O3S/c21-14-3-1-2-13(10-14)18-12-19(25-24-18)20(28)26-6-8-27(9-7-26)31(29,30)15-4-5-17(23)16(22)11-15/h1-5,10-12H,6-9H2,(H,24,25). The molecule has 3 aromatic rings. The normalized spacial score (nSPS) is 15.3. The molecular formula is C20H17Cl2FN4O3S. The van der Waals surface area contributed by atoms with Gasteiger partial charge in [-0.25, -0.2) is 12.8 Å². The van der Waals surface area contributed by atoms with Crippen molar-refractivity contribution >= 4 is 39.1 Å². The molecule has 11 heteroatoms. The van der Waals surface area contributed by atoms with Crippen LogP contribution in [0.25, 0.3) is 11.3 Å². The number of halogens is 3. The van der Waals surface area contributed by atoms with Crippen molar-refractivity contribution in [1.29, 1.82) is 0 Å². The first-order chi connectivity index (χ1) is 14.8. The van der Waals surface area contributed by atoms with Gasteiger partial charge in [0, 0.05) is 36.8 Å². The molecule has 1 aliphatic rings. The SMILES string of the molecule is O=C(c1cc(-c2cccc(Cl)c2)n[nH]1)N1CCN(S(=O)(=O)c2ccc(F)c(Cl)c2)CC1. The maximum Gasteiger partial charge on any atom is 0.271 e. The number of sulfonamides is 1. The average Bonchev–Trinajstić information content (AvgIpc) is 3.25. The molecule has 1 fully saturated rings. The molecule has 0 atom stereocenters. The molecule has 0 aliphatic carbocycles. The van der Waals surface area contributed by atoms with Crippen molar-refractivity contribution in [2.75, 3.05) is 26.2 Å². The Morgan fingerprint density at radius 3 is 2.45 bits per heavy atom. The number of H-pyrrole nitrogens is 1. The number of carbonyl (C=O) groups is 1. The molecule has 7 nitrogen and oxygen atoms in total. The fraction of sp³-hybridized carbons (Fsp3) is 0.200. The third kappa shape index (κ3) is 4.45. The van der Waals surface area contributed by atoms with Crippen LogP contribution in [0.1, 0.15) is 10.5 Å². The molecule has 0 spiro atoms. The number of hydrogen-bond acceptors (Lipinski definition) is 4. The monoisotopic (exact) mass is 482 g/mol. The van der Waals surface area contributed by atoms with Gasteiger partial charge in [0.25, 0.3) is 5.91 Å². The predicted octanol–water partition coefficient (Wildman–Crippen LogP) is 3.67. The van der Waals surface area contributed by atoms with E-state index in [0.717, 1.165) is 17.7 Å². The molecule has 1 amide bonds. The fourth-order valence-corrected chi connectivity index (χ4v) is 5.20. The summed E-state index contributed by atoms with van der Waals surface area (Å²) < 4.78 is 40.2. The maximum absolute atomic E-state index is 13.4. The summed E-state index contributed by atoms with van der Waals surface area (Å²) >= 11 is 11.7. The molecular weight excluding hydrogens is 466 g/mol. The largest absolute Gasteiger partial charge is 0.335 e. The van der Waals surface area contributed by atoms with E-state index in [1.165, 1.54) is 10.4 Å². The average molecular weight is 483 g/mol. The molecule has 0 saturated carbocycles. The highest BCUT2D eigenvalue weighted by atomic mass is 35.5. The summed E-state index contributed by atoms with van der Waals surface area (Å²) in [7, 11) is -3.84. The lowest BCUT2D eigenvalue weighted by atomic mass is 10.1. The van der Waals surface area contributed by atoms with Crippen LogP contribution in [0.2, 0.25) is 10.0 Å². The number of amides is 1. The second-order valence-electron chi connectivity index (χ2n) is 6.95. The van der Waals surface area contributed by atoms with E-state index < -0.39 is 15.8 Å². The van der Waals surface area contributed by atoms with Gasteiger partial charge in [0.15, 0.2) is 0 Å². The summed E-state index contributed by atoms with van der Waals surface area (Å²) in [5, 5.41) is 7.21. The number of rotatable bonds is 4. The van der Waals surface area contributed by atoms with Gasteiger partial charge in [0.1, 0.15) is 11.5 Å². The number of hydrogen-bond donors (Lipinski definition) is 1. The lowest BCUT2D eigenvalue weighted by Crippen LogP contribution is -2.50. The Morgan fingerprint density at radius 2 is 1.77 bits per heavy atom. The van der Waals surface area contributed by atoms with E-state index in [1.807, 2.05) is 6.07 Å². The van der Waals surface area contributed by atoms with Gasteiger partial charge in [-0.1, -0.05) is 35.3 Å². The summed E-state index contributed by atoms with van der Waals surface area (Å²) in [6.07, 6.45) is 0. The number of aromatic amines is 1. The van der Waals surface area contributed by atoms with Crippen molar-refractivity contribution in [2.24, 2.45) is 0 Å². The van der Waals surface area contributed by atoms with Crippen molar-refractivity contribution < 1.29 is 17.6 Å². The zero-order valence-corrected chi connectivity index (χ0v) is 18.4. The zero-order valence-electron chi connectivity index (χ0n) is 16.1. The zero-order chi connectivity index (χ0) is 22.2. The number of nitrogens with zero attached hydrogens (tertiary/aromatic N) is 3. The van der Waals surface area contributed by atoms with Gasteiger partial charge < -0.3 is 4.90 Å². The van der Waals surface area contributed by atoms with Crippen LogP contribution in [0.3, 0.4) is 0 Å². The Hall–Kier alpha value is -2.46. The van der Waals surface area contributed by atoms with Gasteiger partial charge in [-0.05, 0) is 36.4 Å². The Morgan fingerprint density at radius 1 is 1.03 bits per heavy atom. The van der Waals surface area contributed by atoms with Crippen LogP contribution in [0.4, 0.5) is 4.39 Å². The van der Waals surface area contributed by atoms with Gasteiger partial charge >= 0.3 is 0 Å².